The van der Waals surface area contributed by atoms with Crippen molar-refractivity contribution in [2.45, 2.75) is 51.9 Å². The van der Waals surface area contributed by atoms with E-state index in [1.807, 2.05) is 18.2 Å². The molecule has 0 aliphatic heterocycles. The predicted octanol–water partition coefficient (Wildman–Crippen LogP) is 6.34. The van der Waals surface area contributed by atoms with Gasteiger partial charge in [-0.3, -0.25) is 0 Å². The van der Waals surface area contributed by atoms with E-state index in [1.54, 1.807) is 0 Å². The van der Waals surface area contributed by atoms with Gasteiger partial charge in [0.15, 0.2) is 0 Å². The Morgan fingerprint density at radius 3 is 2.46 bits per heavy atom. The first-order valence-corrected chi connectivity index (χ1v) is 9.88. The van der Waals surface area contributed by atoms with Crippen LogP contribution in [-0.4, -0.2) is 6.61 Å². The molecule has 0 amide bonds. The molecule has 0 atom stereocenters. The molecule has 0 aromatic heterocycles. The van der Waals surface area contributed by atoms with E-state index in [0.29, 0.717) is 17.9 Å². The van der Waals surface area contributed by atoms with Gasteiger partial charge >= 0.3 is 0 Å². The van der Waals surface area contributed by atoms with E-state index in [0.717, 1.165) is 29.9 Å². The van der Waals surface area contributed by atoms with Gasteiger partial charge in [-0.05, 0) is 73.3 Å². The van der Waals surface area contributed by atoms with Gasteiger partial charge in [0, 0.05) is 0 Å². The van der Waals surface area contributed by atoms with Crippen LogP contribution < -0.4 is 4.74 Å². The molecule has 1 saturated carbocycles. The van der Waals surface area contributed by atoms with E-state index in [4.69, 9.17) is 4.74 Å². The largest absolute Gasteiger partial charge is 0.492 e. The van der Waals surface area contributed by atoms with Crippen LogP contribution >= 0.6 is 0 Å². The zero-order valence-electron chi connectivity index (χ0n) is 15.7. The summed E-state index contributed by atoms with van der Waals surface area (Å²) in [5, 5.41) is 9.39. The summed E-state index contributed by atoms with van der Waals surface area (Å²) in [7, 11) is 0. The molecule has 2 heteroatoms. The summed E-state index contributed by atoms with van der Waals surface area (Å²) in [6, 6.07) is 17.0. The molecule has 0 unspecified atom stereocenters. The lowest BCUT2D eigenvalue weighted by molar-refractivity contribution is 0.316. The van der Waals surface area contributed by atoms with Crippen LogP contribution in [0.15, 0.2) is 42.5 Å². The van der Waals surface area contributed by atoms with Crippen LogP contribution in [-0.2, 0) is 6.42 Å². The first-order chi connectivity index (χ1) is 12.8. The number of aryl methyl sites for hydroxylation is 1. The zero-order valence-corrected chi connectivity index (χ0v) is 15.7. The average Bonchev–Trinajstić information content (AvgIpc) is 2.72. The summed E-state index contributed by atoms with van der Waals surface area (Å²) >= 11 is 0. The highest BCUT2D eigenvalue weighted by Gasteiger charge is 2.13. The molecule has 0 saturated heterocycles. The lowest BCUT2D eigenvalue weighted by atomic mass is 9.85. The van der Waals surface area contributed by atoms with Gasteiger partial charge in [0.2, 0.25) is 0 Å². The summed E-state index contributed by atoms with van der Waals surface area (Å²) in [4.78, 5) is 0. The Bertz CT molecular complexity index is 736. The number of hydrogen-bond donors (Lipinski definition) is 0. The Labute approximate surface area is 157 Å². The SMILES string of the molecule is CCCOc1ccc(-c2ccc(CCC3CC[CH]CC3)cc2)cc1C#N. The molecule has 0 N–H and O–H groups in total. The molecule has 2 aromatic carbocycles. The van der Waals surface area contributed by atoms with Crippen LogP contribution in [0.3, 0.4) is 0 Å². The molecule has 0 bridgehead atoms. The van der Waals surface area contributed by atoms with E-state index in [9.17, 15) is 5.26 Å². The summed E-state index contributed by atoms with van der Waals surface area (Å²) in [5.41, 5.74) is 4.24. The van der Waals surface area contributed by atoms with Crippen molar-refractivity contribution in [2.75, 3.05) is 6.61 Å². The van der Waals surface area contributed by atoms with Crippen molar-refractivity contribution < 1.29 is 4.74 Å². The standard InChI is InChI=1S/C24H28NO/c1-2-16-26-24-15-14-22(17-23(24)18-25)21-12-10-20(11-13-21)9-8-19-6-4-3-5-7-19/h3,10-15,17,19H,2,4-9,16H2,1H3. The highest BCUT2D eigenvalue weighted by atomic mass is 16.5. The third-order valence-electron chi connectivity index (χ3n) is 5.25. The van der Waals surface area contributed by atoms with Gasteiger partial charge < -0.3 is 4.74 Å². The van der Waals surface area contributed by atoms with Crippen molar-refractivity contribution in [2.24, 2.45) is 5.92 Å². The lowest BCUT2D eigenvalue weighted by Crippen LogP contribution is -2.07. The molecule has 26 heavy (non-hydrogen) atoms. The van der Waals surface area contributed by atoms with Crippen LogP contribution in [0.2, 0.25) is 0 Å². The molecule has 1 aliphatic rings. The highest BCUT2D eigenvalue weighted by Crippen LogP contribution is 2.29. The predicted molar refractivity (Wildman–Crippen MR) is 107 cm³/mol. The minimum atomic E-state index is 0.606. The van der Waals surface area contributed by atoms with Crippen LogP contribution in [0.25, 0.3) is 11.1 Å². The Hall–Kier alpha value is -2.27. The molecule has 1 fully saturated rings. The lowest BCUT2D eigenvalue weighted by Gasteiger charge is -2.21. The fourth-order valence-corrected chi connectivity index (χ4v) is 3.65. The van der Waals surface area contributed by atoms with Crippen molar-refractivity contribution in [3.8, 4) is 22.9 Å². The quantitative estimate of drug-likeness (QED) is 0.586. The monoisotopic (exact) mass is 346 g/mol. The van der Waals surface area contributed by atoms with Gasteiger partial charge in [0.05, 0.1) is 12.2 Å². The molecular weight excluding hydrogens is 318 g/mol. The number of ether oxygens (including phenoxy) is 1. The number of hydrogen-bond acceptors (Lipinski definition) is 2. The Kier molecular flexibility index (Phi) is 6.72. The van der Waals surface area contributed by atoms with Crippen molar-refractivity contribution in [3.63, 3.8) is 0 Å². The fourth-order valence-electron chi connectivity index (χ4n) is 3.65. The third-order valence-corrected chi connectivity index (χ3v) is 5.25. The van der Waals surface area contributed by atoms with Gasteiger partial charge in [-0.1, -0.05) is 50.1 Å². The minimum Gasteiger partial charge on any atom is -0.492 e. The van der Waals surface area contributed by atoms with Gasteiger partial charge in [0.25, 0.3) is 0 Å². The van der Waals surface area contributed by atoms with Crippen molar-refractivity contribution in [1.29, 1.82) is 5.26 Å². The topological polar surface area (TPSA) is 33.0 Å². The molecule has 1 radical (unpaired) electrons. The van der Waals surface area contributed by atoms with Crippen molar-refractivity contribution >= 4 is 0 Å². The van der Waals surface area contributed by atoms with Crippen LogP contribution in [0.4, 0.5) is 0 Å². The summed E-state index contributed by atoms with van der Waals surface area (Å²) < 4.78 is 5.65. The van der Waals surface area contributed by atoms with E-state index >= 15 is 0 Å². The minimum absolute atomic E-state index is 0.606. The molecule has 2 aromatic rings. The van der Waals surface area contributed by atoms with Gasteiger partial charge in [-0.25, -0.2) is 0 Å². The maximum absolute atomic E-state index is 9.39. The molecule has 3 rings (SSSR count). The molecule has 0 heterocycles. The second-order valence-corrected chi connectivity index (χ2v) is 7.22. The Balaban J connectivity index is 1.65. The van der Waals surface area contributed by atoms with E-state index in [1.165, 1.54) is 37.7 Å². The smallest absolute Gasteiger partial charge is 0.137 e. The van der Waals surface area contributed by atoms with Crippen molar-refractivity contribution in [1.82, 2.24) is 0 Å². The number of nitriles is 1. The van der Waals surface area contributed by atoms with Crippen LogP contribution in [0.5, 0.6) is 5.75 Å². The molecule has 1 aliphatic carbocycles. The number of benzene rings is 2. The third kappa shape index (κ3) is 4.88. The van der Waals surface area contributed by atoms with E-state index in [-0.39, 0.29) is 0 Å². The Morgan fingerprint density at radius 2 is 1.77 bits per heavy atom. The number of nitrogens with zero attached hydrogens (tertiary/aromatic N) is 1. The summed E-state index contributed by atoms with van der Waals surface area (Å²) in [5.74, 6) is 1.58. The second-order valence-electron chi connectivity index (χ2n) is 7.22. The number of rotatable bonds is 7. The first kappa shape index (κ1) is 18.5. The molecule has 135 valence electrons. The highest BCUT2D eigenvalue weighted by molar-refractivity contribution is 5.67. The second kappa shape index (κ2) is 9.43. The first-order valence-electron chi connectivity index (χ1n) is 9.88. The van der Waals surface area contributed by atoms with E-state index in [2.05, 4.69) is 43.7 Å². The summed E-state index contributed by atoms with van der Waals surface area (Å²) in [6.45, 7) is 2.70. The molecule has 0 spiro atoms. The average molecular weight is 346 g/mol. The van der Waals surface area contributed by atoms with Gasteiger partial charge in [-0.15, -0.1) is 0 Å². The van der Waals surface area contributed by atoms with Crippen molar-refractivity contribution in [3.05, 3.63) is 60.0 Å². The van der Waals surface area contributed by atoms with Gasteiger partial charge in [0.1, 0.15) is 11.8 Å². The normalized spacial score (nSPS) is 14.8. The molecular formula is C24H28NO. The van der Waals surface area contributed by atoms with E-state index < -0.39 is 0 Å². The summed E-state index contributed by atoms with van der Waals surface area (Å²) in [6.07, 6.45) is 11.1. The maximum atomic E-state index is 9.39. The van der Waals surface area contributed by atoms with Crippen LogP contribution in [0.1, 0.15) is 56.6 Å². The van der Waals surface area contributed by atoms with Crippen LogP contribution in [0, 0.1) is 23.7 Å². The Morgan fingerprint density at radius 1 is 1.04 bits per heavy atom. The fraction of sp³-hybridized carbons (Fsp3) is 0.417. The molecule has 2 nitrogen and oxygen atoms in total. The van der Waals surface area contributed by atoms with Gasteiger partial charge in [-0.2, -0.15) is 5.26 Å². The zero-order chi connectivity index (χ0) is 18.2. The maximum Gasteiger partial charge on any atom is 0.137 e.